The van der Waals surface area contributed by atoms with Gasteiger partial charge in [-0.3, -0.25) is 9.10 Å². The van der Waals surface area contributed by atoms with E-state index in [4.69, 9.17) is 21.1 Å². The molecule has 0 saturated heterocycles. The highest BCUT2D eigenvalue weighted by Gasteiger charge is 2.32. The number of esters is 1. The Kier molecular flexibility index (Phi) is 6.95. The highest BCUT2D eigenvalue weighted by atomic mass is 35.5. The van der Waals surface area contributed by atoms with Crippen LogP contribution in [0.15, 0.2) is 65.6 Å². The second kappa shape index (κ2) is 9.93. The number of sulfonamides is 1. The monoisotopic (exact) mass is 518 g/mol. The molecule has 0 unspecified atom stereocenters. The molecule has 0 fully saturated rings. The van der Waals surface area contributed by atoms with Crippen LogP contribution in [-0.4, -0.2) is 40.6 Å². The van der Waals surface area contributed by atoms with E-state index in [1.807, 2.05) is 12.1 Å². The lowest BCUT2D eigenvalue weighted by Gasteiger charge is -2.20. The van der Waals surface area contributed by atoms with Gasteiger partial charge in [-0.15, -0.1) is 0 Å². The molecule has 1 aliphatic heterocycles. The highest BCUT2D eigenvalue weighted by Crippen LogP contribution is 2.34. The summed E-state index contributed by atoms with van der Waals surface area (Å²) in [7, 11) is -2.65. The van der Waals surface area contributed by atoms with Crippen molar-refractivity contribution in [2.75, 3.05) is 29.9 Å². The summed E-state index contributed by atoms with van der Waals surface area (Å²) in [5.74, 6) is -2.17. The molecule has 0 saturated carbocycles. The van der Waals surface area contributed by atoms with E-state index in [1.54, 1.807) is 12.1 Å². The van der Waals surface area contributed by atoms with Crippen molar-refractivity contribution in [1.82, 2.24) is 0 Å². The lowest BCUT2D eigenvalue weighted by molar-refractivity contribution is -0.119. The van der Waals surface area contributed by atoms with E-state index >= 15 is 0 Å². The van der Waals surface area contributed by atoms with Crippen LogP contribution < -0.4 is 14.4 Å². The fourth-order valence-corrected chi connectivity index (χ4v) is 5.42. The first-order valence-corrected chi connectivity index (χ1v) is 12.2. The minimum Gasteiger partial charge on any atom is -0.496 e. The molecule has 182 valence electrons. The molecule has 0 atom stereocenters. The SMILES string of the molecule is COc1ccc(S(=O)(=O)N2CCc3ccccc32)cc1C(=O)OCC(=O)Nc1ccc(F)cc1Cl. The predicted molar refractivity (Wildman–Crippen MR) is 128 cm³/mol. The average molecular weight is 519 g/mol. The van der Waals surface area contributed by atoms with Crippen LogP contribution >= 0.6 is 11.6 Å². The maximum Gasteiger partial charge on any atom is 0.342 e. The van der Waals surface area contributed by atoms with Gasteiger partial charge in [-0.05, 0) is 54.4 Å². The van der Waals surface area contributed by atoms with Crippen LogP contribution in [0.2, 0.25) is 5.02 Å². The maximum absolute atomic E-state index is 13.3. The van der Waals surface area contributed by atoms with Gasteiger partial charge < -0.3 is 14.8 Å². The van der Waals surface area contributed by atoms with E-state index in [9.17, 15) is 22.4 Å². The molecule has 3 aromatic carbocycles. The molecule has 1 aliphatic rings. The summed E-state index contributed by atoms with van der Waals surface area (Å²) in [5.41, 5.74) is 1.49. The number of para-hydroxylation sites is 1. The van der Waals surface area contributed by atoms with Crippen LogP contribution in [0.4, 0.5) is 15.8 Å². The third-order valence-electron chi connectivity index (χ3n) is 5.36. The Morgan fingerprint density at radius 3 is 2.63 bits per heavy atom. The van der Waals surface area contributed by atoms with Crippen LogP contribution in [0.25, 0.3) is 0 Å². The zero-order valence-corrected chi connectivity index (χ0v) is 20.0. The Morgan fingerprint density at radius 2 is 1.89 bits per heavy atom. The summed E-state index contributed by atoms with van der Waals surface area (Å²) in [5, 5.41) is 2.39. The van der Waals surface area contributed by atoms with E-state index in [1.165, 1.54) is 29.6 Å². The summed E-state index contributed by atoms with van der Waals surface area (Å²) < 4.78 is 51.3. The molecule has 35 heavy (non-hydrogen) atoms. The molecule has 0 aliphatic carbocycles. The largest absolute Gasteiger partial charge is 0.496 e. The zero-order valence-electron chi connectivity index (χ0n) is 18.5. The van der Waals surface area contributed by atoms with E-state index in [2.05, 4.69) is 5.32 Å². The number of rotatable bonds is 7. The number of hydrogen-bond donors (Lipinski definition) is 1. The minimum atomic E-state index is -3.97. The van der Waals surface area contributed by atoms with Gasteiger partial charge in [0.2, 0.25) is 0 Å². The molecule has 1 heterocycles. The number of amides is 1. The third-order valence-corrected chi connectivity index (χ3v) is 7.48. The predicted octanol–water partition coefficient (Wildman–Crippen LogP) is 4.03. The molecule has 3 aromatic rings. The fourth-order valence-electron chi connectivity index (χ4n) is 3.68. The molecule has 0 radical (unpaired) electrons. The van der Waals surface area contributed by atoms with Crippen molar-refractivity contribution < 1.29 is 31.9 Å². The standard InChI is InChI=1S/C24H20ClFN2O6S/c1-33-22-9-7-17(35(31,32)28-11-10-15-4-2-3-5-21(15)28)13-18(22)24(30)34-14-23(29)27-20-8-6-16(26)12-19(20)25/h2-9,12-13H,10-11,14H2,1H3,(H,27,29). The first kappa shape index (κ1) is 24.5. The topological polar surface area (TPSA) is 102 Å². The van der Waals surface area contributed by atoms with E-state index in [0.29, 0.717) is 12.1 Å². The highest BCUT2D eigenvalue weighted by molar-refractivity contribution is 7.92. The van der Waals surface area contributed by atoms with Crippen molar-refractivity contribution >= 4 is 44.9 Å². The number of methoxy groups -OCH3 is 1. The molecule has 0 aromatic heterocycles. The molecular formula is C24H20ClFN2O6S. The smallest absolute Gasteiger partial charge is 0.342 e. The van der Waals surface area contributed by atoms with Gasteiger partial charge in [0, 0.05) is 6.54 Å². The van der Waals surface area contributed by atoms with Gasteiger partial charge in [-0.1, -0.05) is 29.8 Å². The summed E-state index contributed by atoms with van der Waals surface area (Å²) >= 11 is 5.88. The van der Waals surface area contributed by atoms with E-state index in [-0.39, 0.29) is 33.5 Å². The third kappa shape index (κ3) is 5.08. The van der Waals surface area contributed by atoms with Crippen molar-refractivity contribution in [3.8, 4) is 5.75 Å². The van der Waals surface area contributed by atoms with Gasteiger partial charge in [0.25, 0.3) is 15.9 Å². The summed E-state index contributed by atoms with van der Waals surface area (Å²) in [6.07, 6.45) is 0.577. The molecule has 1 N–H and O–H groups in total. The van der Waals surface area contributed by atoms with Gasteiger partial charge in [0.05, 0.1) is 28.4 Å². The summed E-state index contributed by atoms with van der Waals surface area (Å²) in [4.78, 5) is 24.8. The Labute approximate surface area is 206 Å². The number of halogens is 2. The molecule has 11 heteroatoms. The van der Waals surface area contributed by atoms with Gasteiger partial charge in [0.15, 0.2) is 6.61 Å². The molecule has 1 amide bonds. The zero-order chi connectivity index (χ0) is 25.2. The van der Waals surface area contributed by atoms with Crippen molar-refractivity contribution in [3.63, 3.8) is 0 Å². The molecule has 0 spiro atoms. The maximum atomic E-state index is 13.3. The number of hydrogen-bond acceptors (Lipinski definition) is 6. The normalized spacial score (nSPS) is 12.7. The summed E-state index contributed by atoms with van der Waals surface area (Å²) in [6, 6.07) is 14.5. The van der Waals surface area contributed by atoms with Crippen molar-refractivity contribution in [3.05, 3.63) is 82.6 Å². The quantitative estimate of drug-likeness (QED) is 0.474. The average Bonchev–Trinajstić information content (AvgIpc) is 3.29. The number of benzene rings is 3. The molecule has 0 bridgehead atoms. The van der Waals surface area contributed by atoms with E-state index in [0.717, 1.165) is 23.8 Å². The number of carbonyl (C=O) groups is 2. The Hall–Kier alpha value is -3.63. The van der Waals surface area contributed by atoms with Crippen LogP contribution in [-0.2, 0) is 26.0 Å². The molecule has 4 rings (SSSR count). The minimum absolute atomic E-state index is 0.0206. The number of anilines is 2. The van der Waals surface area contributed by atoms with Crippen LogP contribution in [0.3, 0.4) is 0 Å². The van der Waals surface area contributed by atoms with Crippen LogP contribution in [0.5, 0.6) is 5.75 Å². The first-order chi connectivity index (χ1) is 16.7. The van der Waals surface area contributed by atoms with Crippen molar-refractivity contribution in [2.45, 2.75) is 11.3 Å². The summed E-state index contributed by atoms with van der Waals surface area (Å²) in [6.45, 7) is -0.411. The lowest BCUT2D eigenvalue weighted by atomic mass is 10.2. The van der Waals surface area contributed by atoms with Gasteiger partial charge in [-0.2, -0.15) is 0 Å². The number of nitrogens with zero attached hydrogens (tertiary/aromatic N) is 1. The molecule has 8 nitrogen and oxygen atoms in total. The van der Waals surface area contributed by atoms with Crippen LogP contribution in [0.1, 0.15) is 15.9 Å². The van der Waals surface area contributed by atoms with Gasteiger partial charge >= 0.3 is 5.97 Å². The Morgan fingerprint density at radius 1 is 1.11 bits per heavy atom. The number of carbonyl (C=O) groups excluding carboxylic acids is 2. The van der Waals surface area contributed by atoms with Gasteiger partial charge in [0.1, 0.15) is 17.1 Å². The van der Waals surface area contributed by atoms with Crippen molar-refractivity contribution in [2.24, 2.45) is 0 Å². The Balaban J connectivity index is 1.51. The van der Waals surface area contributed by atoms with Gasteiger partial charge in [-0.25, -0.2) is 17.6 Å². The fraction of sp³-hybridized carbons (Fsp3) is 0.167. The number of nitrogens with one attached hydrogen (secondary N) is 1. The second-order valence-electron chi connectivity index (χ2n) is 7.57. The Bertz CT molecular complexity index is 1410. The second-order valence-corrected chi connectivity index (χ2v) is 9.84. The van der Waals surface area contributed by atoms with E-state index < -0.39 is 34.3 Å². The van der Waals surface area contributed by atoms with Crippen molar-refractivity contribution in [1.29, 1.82) is 0 Å². The first-order valence-electron chi connectivity index (χ1n) is 10.4. The molecular weight excluding hydrogens is 499 g/mol. The van der Waals surface area contributed by atoms with Crippen LogP contribution in [0, 0.1) is 5.82 Å². The number of fused-ring (bicyclic) bond motifs is 1. The number of ether oxygens (including phenoxy) is 2. The lowest BCUT2D eigenvalue weighted by Crippen LogP contribution is -2.29.